The van der Waals surface area contributed by atoms with Gasteiger partial charge in [-0.25, -0.2) is 87.8 Å². The number of carbonyl (C=O) groups excluding carboxylic acids is 1. The lowest BCUT2D eigenvalue weighted by Crippen LogP contribution is -2.81. The highest BCUT2D eigenvalue weighted by Gasteiger charge is 2.52. The number of ketones is 1. The highest BCUT2D eigenvalue weighted by Crippen LogP contribution is 2.31. The number of carbonyl (C=O) groups is 1. The molecule has 5 aromatic carbocycles. The third-order valence-electron chi connectivity index (χ3n) is 10.8. The zero-order chi connectivity index (χ0) is 49.6. The van der Waals surface area contributed by atoms with E-state index in [2.05, 4.69) is 4.98 Å². The summed E-state index contributed by atoms with van der Waals surface area (Å²) < 4.78 is 302. The van der Waals surface area contributed by atoms with Crippen LogP contribution < -0.4 is 31.2 Å². The Morgan fingerprint density at radius 1 is 0.448 bits per heavy atom. The Morgan fingerprint density at radius 3 is 1.03 bits per heavy atom. The minimum atomic E-state index is -7.22. The van der Waals surface area contributed by atoms with Crippen LogP contribution in [0.5, 0.6) is 5.75 Å². The average Bonchev–Trinajstić information content (AvgIpc) is 3.32. The number of aromatic nitrogens is 2. The lowest BCUT2D eigenvalue weighted by Gasteiger charge is -2.44. The van der Waals surface area contributed by atoms with Gasteiger partial charge in [-0.2, -0.15) is 4.57 Å². The number of hydrogen-bond donors (Lipinski definition) is 0. The van der Waals surface area contributed by atoms with Gasteiger partial charge in [0.15, 0.2) is 82.2 Å². The molecular weight excluding hydrogens is 955 g/mol. The third-order valence-corrected chi connectivity index (χ3v) is 10.8. The summed E-state index contributed by atoms with van der Waals surface area (Å²) in [4.78, 5) is 16.2. The van der Waals surface area contributed by atoms with Gasteiger partial charge < -0.3 is 4.74 Å². The van der Waals surface area contributed by atoms with Crippen LogP contribution in [0.3, 0.4) is 0 Å². The maximum Gasteiger partial charge on any atom is 0.227 e. The molecule has 1 aliphatic rings. The van der Waals surface area contributed by atoms with Crippen LogP contribution in [0.15, 0.2) is 49.1 Å². The number of halogens is 20. The summed E-state index contributed by atoms with van der Waals surface area (Å²) in [5.74, 6) is -70.5. The second-order valence-corrected chi connectivity index (χ2v) is 14.5. The Hall–Kier alpha value is -6.69. The topological polar surface area (TPSA) is 43.1 Å². The fourth-order valence-corrected chi connectivity index (χ4v) is 7.68. The smallest absolute Gasteiger partial charge is 0.227 e. The first-order valence-electron chi connectivity index (χ1n) is 18.8. The van der Waals surface area contributed by atoms with Gasteiger partial charge >= 0.3 is 0 Å². The van der Waals surface area contributed by atoms with Crippen molar-refractivity contribution in [3.63, 3.8) is 0 Å². The maximum absolute atomic E-state index is 15.4. The molecule has 0 unspecified atom stereocenters. The van der Waals surface area contributed by atoms with Crippen LogP contribution in [0.25, 0.3) is 0 Å². The quantitative estimate of drug-likeness (QED) is 0.0364. The Bertz CT molecular complexity index is 2530. The predicted octanol–water partition coefficient (Wildman–Crippen LogP) is 8.81. The van der Waals surface area contributed by atoms with Crippen molar-refractivity contribution in [3.05, 3.63) is 171 Å². The van der Waals surface area contributed by atoms with Crippen molar-refractivity contribution in [2.45, 2.75) is 44.8 Å². The average molecular weight is 976 g/mol. The van der Waals surface area contributed by atoms with E-state index in [0.717, 1.165) is 18.6 Å². The lowest BCUT2D eigenvalue weighted by atomic mass is 9.12. The van der Waals surface area contributed by atoms with Gasteiger partial charge in [-0.1, -0.05) is 6.42 Å². The van der Waals surface area contributed by atoms with Gasteiger partial charge in [-0.05, 0) is 49.9 Å². The number of ether oxygens (including phenoxy) is 1. The molecule has 1 aromatic heterocycles. The van der Waals surface area contributed by atoms with Crippen LogP contribution in [-0.4, -0.2) is 23.0 Å². The summed E-state index contributed by atoms with van der Waals surface area (Å²) in [5.41, 5.74) is -13.6. The van der Waals surface area contributed by atoms with Crippen LogP contribution in [0.1, 0.15) is 42.5 Å². The monoisotopic (exact) mass is 976 g/mol. The van der Waals surface area contributed by atoms with E-state index in [0.29, 0.717) is 18.2 Å². The van der Waals surface area contributed by atoms with E-state index >= 15 is 35.1 Å². The van der Waals surface area contributed by atoms with Crippen molar-refractivity contribution in [2.75, 3.05) is 0 Å². The molecule has 25 heteroatoms. The van der Waals surface area contributed by atoms with E-state index < -0.39 is 144 Å². The molecule has 0 saturated heterocycles. The predicted molar refractivity (Wildman–Crippen MR) is 192 cm³/mol. The number of nitrogens with zero attached hydrogens (tertiary/aromatic N) is 2. The Balaban J connectivity index is 0.000000279. The molecule has 0 bridgehead atoms. The first-order chi connectivity index (χ1) is 31.5. The molecule has 1 saturated carbocycles. The van der Waals surface area contributed by atoms with Gasteiger partial charge in [0.05, 0.1) is 18.5 Å². The normalized spacial score (nSPS) is 13.1. The van der Waals surface area contributed by atoms with Gasteiger partial charge in [0.25, 0.3) is 0 Å². The molecule has 6 aromatic rings. The third kappa shape index (κ3) is 8.51. The van der Waals surface area contributed by atoms with E-state index in [1.807, 2.05) is 28.8 Å². The van der Waals surface area contributed by atoms with Gasteiger partial charge in [0.2, 0.25) is 12.3 Å². The van der Waals surface area contributed by atoms with Gasteiger partial charge in [0.1, 0.15) is 58.4 Å². The standard InChI is InChI=1S/C24BF20.C18H21N2O2/c26-5-1(6(27)14(35)21(42)13(5)34)25(2-7(28)15(36)22(43)16(37)8(2)29,3-9(30)17(38)23(44)18(39)10(3)31)4-11(32)19(40)24(45)20(41)12(4)33;21-18(14-20-12-10-19-11-13-20)15-6-8-17(9-7-15)22-16-4-2-1-3-5-16/h;6-13,16H,1-5,14H2/q-1;+1. The van der Waals surface area contributed by atoms with Crippen LogP contribution in [-0.2, 0) is 6.54 Å². The number of hydrogen-bond acceptors (Lipinski definition) is 3. The Morgan fingerprint density at radius 2 is 0.731 bits per heavy atom. The fraction of sp³-hybridized carbons (Fsp3) is 0.167. The van der Waals surface area contributed by atoms with Crippen molar-refractivity contribution >= 4 is 33.8 Å². The summed E-state index contributed by atoms with van der Waals surface area (Å²) in [6, 6.07) is 7.50. The summed E-state index contributed by atoms with van der Waals surface area (Å²) in [6.45, 7) is 0.325. The molecule has 67 heavy (non-hydrogen) atoms. The lowest BCUT2D eigenvalue weighted by molar-refractivity contribution is -0.683. The van der Waals surface area contributed by atoms with E-state index in [9.17, 15) is 57.5 Å². The molecule has 0 radical (unpaired) electrons. The first kappa shape index (κ1) is 49.7. The molecule has 1 heterocycles. The number of Topliss-reactive ketones (excluding diaryl/α,β-unsaturated/α-hetero) is 1. The van der Waals surface area contributed by atoms with Gasteiger partial charge in [-0.15, -0.1) is 21.9 Å². The van der Waals surface area contributed by atoms with E-state index in [1.54, 1.807) is 24.8 Å². The van der Waals surface area contributed by atoms with E-state index in [1.165, 1.54) is 19.3 Å². The molecule has 1 aliphatic carbocycles. The minimum absolute atomic E-state index is 0.0837. The van der Waals surface area contributed by atoms with Gasteiger partial charge in [0, 0.05) is 5.56 Å². The highest BCUT2D eigenvalue weighted by atomic mass is 19.2. The molecule has 4 nitrogen and oxygen atoms in total. The zero-order valence-electron chi connectivity index (χ0n) is 32.8. The molecule has 7 rings (SSSR count). The van der Waals surface area contributed by atoms with Crippen LogP contribution in [0.4, 0.5) is 87.8 Å². The summed E-state index contributed by atoms with van der Waals surface area (Å²) in [7, 11) is 0. The molecule has 0 amide bonds. The zero-order valence-corrected chi connectivity index (χ0v) is 32.8. The summed E-state index contributed by atoms with van der Waals surface area (Å²) in [6.07, 6.45) is 6.15. The number of benzene rings is 5. The van der Waals surface area contributed by atoms with Crippen LogP contribution in [0.2, 0.25) is 0 Å². The summed E-state index contributed by atoms with van der Waals surface area (Å²) in [5, 5.41) is 0. The van der Waals surface area contributed by atoms with Crippen molar-refractivity contribution in [3.8, 4) is 5.75 Å². The molecule has 354 valence electrons. The fourth-order valence-electron chi connectivity index (χ4n) is 7.68. The molecule has 0 aliphatic heterocycles. The minimum Gasteiger partial charge on any atom is -0.490 e. The Labute approximate surface area is 362 Å². The van der Waals surface area contributed by atoms with Crippen molar-refractivity contribution in [1.82, 2.24) is 4.98 Å². The Kier molecular flexibility index (Phi) is 14.3. The van der Waals surface area contributed by atoms with Crippen molar-refractivity contribution < 1.29 is 102 Å². The van der Waals surface area contributed by atoms with Gasteiger partial charge in [-0.3, -0.25) is 9.78 Å². The molecule has 0 N–H and O–H groups in total. The SMILES string of the molecule is Fc1c(F)c(F)c([B-](c2c(F)c(F)c(F)c(F)c2F)(c2c(F)c(F)c(F)c(F)c2F)c2c(F)c(F)c(F)c(F)c2F)c(F)c1F.O=C(C[n+]1ccncc1)c1ccc(OC2CCCCC2)cc1. The highest BCUT2D eigenvalue weighted by molar-refractivity contribution is 7.20. The van der Waals surface area contributed by atoms with Crippen molar-refractivity contribution in [1.29, 1.82) is 0 Å². The van der Waals surface area contributed by atoms with Crippen molar-refractivity contribution in [2.24, 2.45) is 0 Å². The molecule has 0 spiro atoms. The second kappa shape index (κ2) is 19.3. The van der Waals surface area contributed by atoms with Crippen LogP contribution in [0, 0.1) is 116 Å². The maximum atomic E-state index is 15.4. The second-order valence-electron chi connectivity index (χ2n) is 14.5. The first-order valence-corrected chi connectivity index (χ1v) is 18.8. The molecule has 1 fully saturated rings. The molecular formula is C42H21BF20N2O2. The van der Waals surface area contributed by atoms with Crippen LogP contribution >= 0.6 is 0 Å². The van der Waals surface area contributed by atoms with E-state index in [-0.39, 0.29) is 5.78 Å². The summed E-state index contributed by atoms with van der Waals surface area (Å²) >= 11 is 0. The number of rotatable bonds is 9. The largest absolute Gasteiger partial charge is 0.490 e. The molecule has 0 atom stereocenters. The van der Waals surface area contributed by atoms with E-state index in [4.69, 9.17) is 4.74 Å².